The number of benzene rings is 1. The third-order valence-corrected chi connectivity index (χ3v) is 5.92. The molecule has 1 aromatic carbocycles. The molecule has 8 nitrogen and oxygen atoms in total. The molecule has 1 aliphatic rings. The molecule has 8 heteroatoms. The van der Waals surface area contributed by atoms with E-state index in [0.717, 1.165) is 36.1 Å². The largest absolute Gasteiger partial charge is 0.478 e. The standard InChI is InChI=1S/C23H26N4O4/c1-23(2,3)16-8-9-19-18(10-16)20(26-31-19)21(28)25-17-11-24-27(13-17)12-14-4-6-15(7-5-14)22(29)30/h4-7,11,13,16H,8-10,12H2,1-3H3,(H,25,28)(H,29,30). The molecule has 4 rings (SSSR count). The third kappa shape index (κ3) is 4.52. The van der Waals surface area contributed by atoms with E-state index in [9.17, 15) is 9.59 Å². The van der Waals surface area contributed by atoms with Gasteiger partial charge in [-0.3, -0.25) is 9.48 Å². The van der Waals surface area contributed by atoms with Crippen molar-refractivity contribution in [1.82, 2.24) is 14.9 Å². The second kappa shape index (κ2) is 8.02. The van der Waals surface area contributed by atoms with Gasteiger partial charge in [0.05, 0.1) is 24.0 Å². The number of anilines is 1. The first-order chi connectivity index (χ1) is 14.7. The van der Waals surface area contributed by atoms with E-state index < -0.39 is 5.97 Å². The zero-order valence-corrected chi connectivity index (χ0v) is 17.9. The van der Waals surface area contributed by atoms with Crippen molar-refractivity contribution in [2.75, 3.05) is 5.32 Å². The summed E-state index contributed by atoms with van der Waals surface area (Å²) in [5, 5.41) is 20.2. The molecule has 0 saturated carbocycles. The van der Waals surface area contributed by atoms with E-state index in [1.165, 1.54) is 0 Å². The molecule has 2 N–H and O–H groups in total. The number of carboxylic acid groups (broad SMARTS) is 1. The van der Waals surface area contributed by atoms with Crippen LogP contribution in [0.1, 0.15) is 64.9 Å². The lowest BCUT2D eigenvalue weighted by Crippen LogP contribution is -2.27. The van der Waals surface area contributed by atoms with Crippen LogP contribution in [-0.4, -0.2) is 31.9 Å². The minimum absolute atomic E-state index is 0.159. The van der Waals surface area contributed by atoms with Gasteiger partial charge in [-0.25, -0.2) is 4.79 Å². The number of nitrogens with one attached hydrogen (secondary N) is 1. The van der Waals surface area contributed by atoms with E-state index in [1.807, 2.05) is 0 Å². The second-order valence-corrected chi connectivity index (χ2v) is 9.12. The Hall–Kier alpha value is -3.42. The smallest absolute Gasteiger partial charge is 0.335 e. The van der Waals surface area contributed by atoms with Crippen molar-refractivity contribution in [3.05, 3.63) is 64.8 Å². The van der Waals surface area contributed by atoms with Crippen LogP contribution < -0.4 is 5.32 Å². The summed E-state index contributed by atoms with van der Waals surface area (Å²) in [6.07, 6.45) is 5.93. The molecule has 31 heavy (non-hydrogen) atoms. The van der Waals surface area contributed by atoms with Gasteiger partial charge in [0.25, 0.3) is 5.91 Å². The van der Waals surface area contributed by atoms with Crippen molar-refractivity contribution in [2.24, 2.45) is 11.3 Å². The highest BCUT2D eigenvalue weighted by Gasteiger charge is 2.34. The van der Waals surface area contributed by atoms with E-state index in [1.54, 1.807) is 41.3 Å². The number of aromatic nitrogens is 3. The quantitative estimate of drug-likeness (QED) is 0.643. The van der Waals surface area contributed by atoms with Crippen molar-refractivity contribution in [3.63, 3.8) is 0 Å². The van der Waals surface area contributed by atoms with Gasteiger partial charge < -0.3 is 14.9 Å². The average molecular weight is 422 g/mol. The van der Waals surface area contributed by atoms with Crippen molar-refractivity contribution in [3.8, 4) is 0 Å². The van der Waals surface area contributed by atoms with Crippen LogP contribution >= 0.6 is 0 Å². The van der Waals surface area contributed by atoms with Crippen molar-refractivity contribution < 1.29 is 19.2 Å². The molecule has 1 atom stereocenters. The molecule has 3 aromatic rings. The Bertz CT molecular complexity index is 1110. The van der Waals surface area contributed by atoms with Gasteiger partial charge in [-0.05, 0) is 41.9 Å². The molecular weight excluding hydrogens is 396 g/mol. The van der Waals surface area contributed by atoms with Gasteiger partial charge >= 0.3 is 5.97 Å². The zero-order valence-electron chi connectivity index (χ0n) is 17.9. The summed E-state index contributed by atoms with van der Waals surface area (Å²) in [5.41, 5.74) is 3.13. The number of amides is 1. The number of carbonyl (C=O) groups excluding carboxylic acids is 1. The molecule has 0 fully saturated rings. The Morgan fingerprint density at radius 3 is 2.68 bits per heavy atom. The lowest BCUT2D eigenvalue weighted by atomic mass is 9.71. The van der Waals surface area contributed by atoms with Crippen LogP contribution in [-0.2, 0) is 19.4 Å². The number of carboxylic acids is 1. The Labute approximate surface area is 180 Å². The SMILES string of the molecule is CC(C)(C)C1CCc2onc(C(=O)Nc3cnn(Cc4ccc(C(=O)O)cc4)c3)c2C1. The van der Waals surface area contributed by atoms with Gasteiger partial charge in [0.15, 0.2) is 5.69 Å². The molecule has 0 spiro atoms. The lowest BCUT2D eigenvalue weighted by molar-refractivity contribution is 0.0696. The summed E-state index contributed by atoms with van der Waals surface area (Å²) in [7, 11) is 0. The fourth-order valence-corrected chi connectivity index (χ4v) is 3.97. The summed E-state index contributed by atoms with van der Waals surface area (Å²) < 4.78 is 7.12. The molecule has 1 amide bonds. The number of hydrogen-bond donors (Lipinski definition) is 2. The Balaban J connectivity index is 1.43. The van der Waals surface area contributed by atoms with Crippen LogP contribution in [0.4, 0.5) is 5.69 Å². The van der Waals surface area contributed by atoms with E-state index >= 15 is 0 Å². The van der Waals surface area contributed by atoms with Gasteiger partial charge in [-0.15, -0.1) is 0 Å². The van der Waals surface area contributed by atoms with E-state index in [0.29, 0.717) is 23.8 Å². The topological polar surface area (TPSA) is 110 Å². The maximum absolute atomic E-state index is 12.8. The maximum Gasteiger partial charge on any atom is 0.335 e. The van der Waals surface area contributed by atoms with Gasteiger partial charge in [0, 0.05) is 18.2 Å². The molecule has 0 aliphatic heterocycles. The van der Waals surface area contributed by atoms with Crippen molar-refractivity contribution in [1.29, 1.82) is 0 Å². The summed E-state index contributed by atoms with van der Waals surface area (Å²) in [5.74, 6) is 0.0248. The third-order valence-electron chi connectivity index (χ3n) is 5.92. The minimum Gasteiger partial charge on any atom is -0.478 e. The molecule has 1 aliphatic carbocycles. The number of carbonyl (C=O) groups is 2. The highest BCUT2D eigenvalue weighted by atomic mass is 16.5. The molecule has 0 bridgehead atoms. The van der Waals surface area contributed by atoms with Crippen LogP contribution in [0.15, 0.2) is 41.2 Å². The Morgan fingerprint density at radius 1 is 1.26 bits per heavy atom. The van der Waals surface area contributed by atoms with E-state index in [-0.39, 0.29) is 16.9 Å². The van der Waals surface area contributed by atoms with E-state index in [2.05, 4.69) is 36.3 Å². The highest BCUT2D eigenvalue weighted by molar-refractivity contribution is 6.03. The van der Waals surface area contributed by atoms with Crippen molar-refractivity contribution in [2.45, 2.75) is 46.6 Å². The molecule has 2 heterocycles. The average Bonchev–Trinajstić information content (AvgIpc) is 3.34. The highest BCUT2D eigenvalue weighted by Crippen LogP contribution is 2.38. The number of aryl methyl sites for hydroxylation is 1. The van der Waals surface area contributed by atoms with Crippen molar-refractivity contribution >= 4 is 17.6 Å². The predicted octanol–water partition coefficient (Wildman–Crippen LogP) is 4.02. The number of aromatic carboxylic acids is 1. The van der Waals surface area contributed by atoms with E-state index in [4.69, 9.17) is 9.63 Å². The summed E-state index contributed by atoms with van der Waals surface area (Å²) in [4.78, 5) is 23.8. The summed E-state index contributed by atoms with van der Waals surface area (Å²) in [6, 6.07) is 6.61. The molecule has 0 saturated heterocycles. The van der Waals surface area contributed by atoms with Crippen LogP contribution in [0.5, 0.6) is 0 Å². The number of hydrogen-bond acceptors (Lipinski definition) is 5. The first-order valence-electron chi connectivity index (χ1n) is 10.3. The number of nitrogens with zero attached hydrogens (tertiary/aromatic N) is 3. The van der Waals surface area contributed by atoms with Gasteiger partial charge in [-0.1, -0.05) is 38.1 Å². The van der Waals surface area contributed by atoms with Gasteiger partial charge in [0.2, 0.25) is 0 Å². The molecule has 162 valence electrons. The Morgan fingerprint density at radius 2 is 2.00 bits per heavy atom. The second-order valence-electron chi connectivity index (χ2n) is 9.12. The summed E-state index contributed by atoms with van der Waals surface area (Å²) in [6.45, 7) is 7.13. The minimum atomic E-state index is -0.959. The molecule has 2 aromatic heterocycles. The lowest BCUT2D eigenvalue weighted by Gasteiger charge is -2.33. The molecule has 0 radical (unpaired) electrons. The number of rotatable bonds is 5. The normalized spacial score (nSPS) is 16.0. The monoisotopic (exact) mass is 422 g/mol. The zero-order chi connectivity index (χ0) is 22.2. The first kappa shape index (κ1) is 20.8. The van der Waals surface area contributed by atoms with Crippen LogP contribution in [0, 0.1) is 11.3 Å². The summed E-state index contributed by atoms with van der Waals surface area (Å²) >= 11 is 0. The van der Waals surface area contributed by atoms with Crippen LogP contribution in [0.3, 0.4) is 0 Å². The van der Waals surface area contributed by atoms with Gasteiger partial charge in [-0.2, -0.15) is 5.10 Å². The first-order valence-corrected chi connectivity index (χ1v) is 10.3. The fraction of sp³-hybridized carbons (Fsp3) is 0.391. The molecule has 1 unspecified atom stereocenters. The van der Waals surface area contributed by atoms with Crippen LogP contribution in [0.25, 0.3) is 0 Å². The predicted molar refractivity (Wildman–Crippen MR) is 114 cm³/mol. The maximum atomic E-state index is 12.8. The van der Waals surface area contributed by atoms with Gasteiger partial charge in [0.1, 0.15) is 5.76 Å². The fourth-order valence-electron chi connectivity index (χ4n) is 3.97. The molecular formula is C23H26N4O4. The Kier molecular flexibility index (Phi) is 5.39. The van der Waals surface area contributed by atoms with Crippen LogP contribution in [0.2, 0.25) is 0 Å². The number of fused-ring (bicyclic) bond motifs is 1.